The second-order valence-electron chi connectivity index (χ2n) is 4.48. The normalized spacial score (nSPS) is 11.5. The molecule has 20 heavy (non-hydrogen) atoms. The highest BCUT2D eigenvalue weighted by Crippen LogP contribution is 2.36. The third-order valence-corrected chi connectivity index (χ3v) is 3.04. The molecule has 1 heterocycles. The molecule has 0 bridgehead atoms. The van der Waals surface area contributed by atoms with Crippen molar-refractivity contribution in [3.63, 3.8) is 0 Å². The summed E-state index contributed by atoms with van der Waals surface area (Å²) >= 11 is 0. The molecule has 2 rings (SSSR count). The summed E-state index contributed by atoms with van der Waals surface area (Å²) in [6.07, 6.45) is 1.37. The first-order chi connectivity index (χ1) is 9.65. The van der Waals surface area contributed by atoms with Crippen LogP contribution in [0.2, 0.25) is 0 Å². The van der Waals surface area contributed by atoms with Gasteiger partial charge in [0.15, 0.2) is 5.69 Å². The molecule has 0 aliphatic carbocycles. The molecule has 0 aliphatic heterocycles. The number of nitrogens with one attached hydrogen (secondary N) is 1. The molecule has 106 valence electrons. The molecule has 2 aromatic rings. The number of aromatic amines is 1. The average Bonchev–Trinajstić information content (AvgIpc) is 2.77. The maximum absolute atomic E-state index is 11.4. The number of benzene rings is 1. The van der Waals surface area contributed by atoms with Crippen LogP contribution in [0.5, 0.6) is 5.88 Å². The second kappa shape index (κ2) is 6.29. The number of aromatic hydroxyl groups is 1. The molecule has 0 aliphatic rings. The van der Waals surface area contributed by atoms with Crippen LogP contribution in [-0.4, -0.2) is 27.7 Å². The first-order valence-electron chi connectivity index (χ1n) is 6.54. The van der Waals surface area contributed by atoms with Crippen molar-refractivity contribution in [1.29, 1.82) is 0 Å². The fourth-order valence-corrected chi connectivity index (χ4v) is 1.92. The van der Waals surface area contributed by atoms with Gasteiger partial charge >= 0.3 is 0 Å². The Bertz CT molecular complexity index is 646. The van der Waals surface area contributed by atoms with Crippen molar-refractivity contribution < 1.29 is 15.0 Å². The van der Waals surface area contributed by atoms with E-state index in [9.17, 15) is 9.90 Å². The van der Waals surface area contributed by atoms with Crippen LogP contribution in [0.1, 0.15) is 25.3 Å². The van der Waals surface area contributed by atoms with Crippen molar-refractivity contribution in [3.8, 4) is 5.88 Å². The largest absolute Gasteiger partial charge is 0.493 e. The van der Waals surface area contributed by atoms with E-state index >= 15 is 0 Å². The third kappa shape index (κ3) is 3.03. The lowest BCUT2D eigenvalue weighted by Gasteiger charge is -1.96. The number of aromatic nitrogens is 1. The number of carbonyl (C=O) groups is 1. The summed E-state index contributed by atoms with van der Waals surface area (Å²) in [5, 5.41) is 26.6. The summed E-state index contributed by atoms with van der Waals surface area (Å²) in [6, 6.07) is 5.74. The molecule has 0 saturated carbocycles. The van der Waals surface area contributed by atoms with Gasteiger partial charge in [-0.25, -0.2) is 0 Å². The number of aryl methyl sites for hydroxylation is 1. The second-order valence-corrected chi connectivity index (χ2v) is 4.48. The van der Waals surface area contributed by atoms with Crippen LogP contribution in [0.4, 0.5) is 5.69 Å². The van der Waals surface area contributed by atoms with Crippen LogP contribution >= 0.6 is 0 Å². The minimum absolute atomic E-state index is 0.0561. The molecule has 1 amide bonds. The number of hydrogen-bond acceptors (Lipinski definition) is 4. The molecule has 0 saturated heterocycles. The highest BCUT2D eigenvalue weighted by Gasteiger charge is 2.11. The topological polar surface area (TPSA) is 98.0 Å². The van der Waals surface area contributed by atoms with Crippen LogP contribution in [0.25, 0.3) is 10.9 Å². The Morgan fingerprint density at radius 2 is 2.20 bits per heavy atom. The molecule has 1 aromatic heterocycles. The average molecular weight is 275 g/mol. The number of amides is 1. The minimum Gasteiger partial charge on any atom is -0.493 e. The third-order valence-electron chi connectivity index (χ3n) is 3.04. The monoisotopic (exact) mass is 275 g/mol. The lowest BCUT2D eigenvalue weighted by atomic mass is 10.1. The fourth-order valence-electron chi connectivity index (χ4n) is 1.92. The molecule has 1 aromatic carbocycles. The molecular weight excluding hydrogens is 258 g/mol. The van der Waals surface area contributed by atoms with Crippen LogP contribution in [0.15, 0.2) is 28.4 Å². The van der Waals surface area contributed by atoms with E-state index in [1.165, 1.54) is 0 Å². The smallest absolute Gasteiger partial charge is 0.264 e. The van der Waals surface area contributed by atoms with E-state index in [1.54, 1.807) is 0 Å². The van der Waals surface area contributed by atoms with E-state index in [1.807, 2.05) is 25.1 Å². The number of hydrogen-bond donors (Lipinski definition) is 3. The number of aliphatic hydroxyl groups excluding tert-OH is 1. The highest BCUT2D eigenvalue weighted by atomic mass is 16.3. The fraction of sp³-hybridized carbons (Fsp3) is 0.357. The molecule has 6 heteroatoms. The zero-order chi connectivity index (χ0) is 14.5. The van der Waals surface area contributed by atoms with Crippen molar-refractivity contribution in [3.05, 3.63) is 23.8 Å². The Balaban J connectivity index is 2.31. The molecule has 0 fully saturated rings. The minimum atomic E-state index is -0.417. The van der Waals surface area contributed by atoms with E-state index in [0.717, 1.165) is 22.9 Å². The first-order valence-corrected chi connectivity index (χ1v) is 6.54. The number of H-pyrrole nitrogens is 1. The van der Waals surface area contributed by atoms with Crippen LogP contribution in [0.3, 0.4) is 0 Å². The standard InChI is InChI=1S/C14H17N3O3/c1-2-9-5-6-11-10(8-9)13(14(20)15-11)17-16-12(19)4-3-7-18/h5-6,8,15,18,20H,2-4,7H2,1H3. The van der Waals surface area contributed by atoms with Gasteiger partial charge in [0.2, 0.25) is 5.88 Å². The van der Waals surface area contributed by atoms with Gasteiger partial charge < -0.3 is 15.2 Å². The summed E-state index contributed by atoms with van der Waals surface area (Å²) in [5.41, 5.74) is 2.13. The number of carbonyl (C=O) groups excluding carboxylic acids is 1. The van der Waals surface area contributed by atoms with Crippen molar-refractivity contribution in [2.24, 2.45) is 10.2 Å². The van der Waals surface area contributed by atoms with Gasteiger partial charge in [-0.2, -0.15) is 0 Å². The van der Waals surface area contributed by atoms with Gasteiger partial charge in [-0.1, -0.05) is 13.0 Å². The van der Waals surface area contributed by atoms with Crippen molar-refractivity contribution in [2.45, 2.75) is 26.2 Å². The predicted molar refractivity (Wildman–Crippen MR) is 75.2 cm³/mol. The molecule has 6 nitrogen and oxygen atoms in total. The Morgan fingerprint density at radius 3 is 2.90 bits per heavy atom. The number of nitrogens with zero attached hydrogens (tertiary/aromatic N) is 2. The first kappa shape index (κ1) is 14.2. The van der Waals surface area contributed by atoms with Gasteiger partial charge in [-0.05, 0) is 30.5 Å². The van der Waals surface area contributed by atoms with E-state index < -0.39 is 5.91 Å². The Hall–Kier alpha value is -2.21. The summed E-state index contributed by atoms with van der Waals surface area (Å²) in [4.78, 5) is 14.2. The number of azo groups is 1. The van der Waals surface area contributed by atoms with Gasteiger partial charge in [0.25, 0.3) is 5.91 Å². The van der Waals surface area contributed by atoms with Gasteiger partial charge in [-0.15, -0.1) is 10.2 Å². The maximum Gasteiger partial charge on any atom is 0.264 e. The summed E-state index contributed by atoms with van der Waals surface area (Å²) in [6.45, 7) is 1.98. The van der Waals surface area contributed by atoms with Gasteiger partial charge in [-0.3, -0.25) is 4.79 Å². The number of aliphatic hydroxyl groups is 1. The van der Waals surface area contributed by atoms with Crippen molar-refractivity contribution in [2.75, 3.05) is 6.61 Å². The zero-order valence-corrected chi connectivity index (χ0v) is 11.3. The van der Waals surface area contributed by atoms with Crippen LogP contribution in [0, 0.1) is 0 Å². The van der Waals surface area contributed by atoms with E-state index in [-0.39, 0.29) is 24.6 Å². The predicted octanol–water partition coefficient (Wildman–Crippen LogP) is 2.82. The Labute approximate surface area is 116 Å². The summed E-state index contributed by atoms with van der Waals surface area (Å²) < 4.78 is 0. The van der Waals surface area contributed by atoms with Gasteiger partial charge in [0, 0.05) is 18.4 Å². The maximum atomic E-state index is 11.4. The van der Waals surface area contributed by atoms with E-state index in [0.29, 0.717) is 6.42 Å². The summed E-state index contributed by atoms with van der Waals surface area (Å²) in [7, 11) is 0. The zero-order valence-electron chi connectivity index (χ0n) is 11.3. The number of rotatable bonds is 5. The molecule has 0 radical (unpaired) electrons. The Morgan fingerprint density at radius 1 is 1.40 bits per heavy atom. The van der Waals surface area contributed by atoms with Gasteiger partial charge in [0.1, 0.15) is 0 Å². The lowest BCUT2D eigenvalue weighted by Crippen LogP contribution is -1.93. The quantitative estimate of drug-likeness (QED) is 0.732. The molecule has 0 unspecified atom stereocenters. The SMILES string of the molecule is CCc1ccc2[nH]c(O)c(N=NC(=O)CCCO)c2c1. The number of fused-ring (bicyclic) bond motifs is 1. The van der Waals surface area contributed by atoms with Crippen LogP contribution < -0.4 is 0 Å². The molecular formula is C14H17N3O3. The van der Waals surface area contributed by atoms with Crippen molar-refractivity contribution >= 4 is 22.5 Å². The Kier molecular flexibility index (Phi) is 4.47. The van der Waals surface area contributed by atoms with Gasteiger partial charge in [0.05, 0.1) is 5.52 Å². The lowest BCUT2D eigenvalue weighted by molar-refractivity contribution is -0.118. The molecule has 0 atom stereocenters. The highest BCUT2D eigenvalue weighted by molar-refractivity contribution is 5.94. The van der Waals surface area contributed by atoms with Crippen molar-refractivity contribution in [1.82, 2.24) is 4.98 Å². The molecule has 0 spiro atoms. The molecule has 3 N–H and O–H groups in total. The summed E-state index contributed by atoms with van der Waals surface area (Å²) in [5.74, 6) is -0.522. The van der Waals surface area contributed by atoms with E-state index in [2.05, 4.69) is 15.2 Å². The van der Waals surface area contributed by atoms with E-state index in [4.69, 9.17) is 5.11 Å². The van der Waals surface area contributed by atoms with Crippen LogP contribution in [-0.2, 0) is 11.2 Å².